The van der Waals surface area contributed by atoms with E-state index in [1.54, 1.807) is 18.3 Å². The Morgan fingerprint density at radius 1 is 1.47 bits per heavy atom. The zero-order valence-corrected chi connectivity index (χ0v) is 10.00. The van der Waals surface area contributed by atoms with Gasteiger partial charge in [0.2, 0.25) is 5.91 Å². The molecule has 0 aliphatic rings. The molecule has 0 atom stereocenters. The van der Waals surface area contributed by atoms with Crippen LogP contribution in [-0.2, 0) is 4.79 Å². The van der Waals surface area contributed by atoms with Gasteiger partial charge in [0.1, 0.15) is 0 Å². The van der Waals surface area contributed by atoms with Gasteiger partial charge in [-0.3, -0.25) is 10.1 Å². The fourth-order valence-corrected chi connectivity index (χ4v) is 1.61. The lowest BCUT2D eigenvalue weighted by atomic mass is 10.5. The number of amides is 3. The number of nitrogens with zero attached hydrogens (tertiary/aromatic N) is 1. The summed E-state index contributed by atoms with van der Waals surface area (Å²) in [5.41, 5.74) is 0. The van der Waals surface area contributed by atoms with E-state index in [4.69, 9.17) is 0 Å². The third-order valence-corrected chi connectivity index (χ3v) is 2.59. The van der Waals surface area contributed by atoms with Crippen molar-refractivity contribution in [2.45, 2.75) is 5.03 Å². The number of urea groups is 1. The molecule has 0 saturated heterocycles. The molecule has 0 radical (unpaired) electrons. The molecule has 0 aromatic carbocycles. The van der Waals surface area contributed by atoms with E-state index in [9.17, 15) is 9.59 Å². The van der Waals surface area contributed by atoms with E-state index in [0.29, 0.717) is 6.54 Å². The number of thioether (sulfide) groups is 1. The second kappa shape index (κ2) is 7.45. The average molecular weight is 251 g/mol. The van der Waals surface area contributed by atoms with Gasteiger partial charge in [0.25, 0.3) is 0 Å². The van der Waals surface area contributed by atoms with Crippen LogP contribution in [-0.4, -0.2) is 29.2 Å². The predicted molar refractivity (Wildman–Crippen MR) is 66.7 cm³/mol. The van der Waals surface area contributed by atoms with Crippen LogP contribution in [0.4, 0.5) is 4.79 Å². The van der Waals surface area contributed by atoms with Crippen molar-refractivity contribution in [2.24, 2.45) is 0 Å². The van der Waals surface area contributed by atoms with Gasteiger partial charge in [-0.1, -0.05) is 23.9 Å². The van der Waals surface area contributed by atoms with Crippen molar-refractivity contribution in [1.82, 2.24) is 15.6 Å². The molecule has 1 aromatic heterocycles. The Hall–Kier alpha value is -1.82. The molecule has 0 unspecified atom stereocenters. The van der Waals surface area contributed by atoms with Crippen LogP contribution in [0.2, 0.25) is 0 Å². The number of carbonyl (C=O) groups is 2. The first-order chi connectivity index (χ1) is 8.22. The highest BCUT2D eigenvalue weighted by Crippen LogP contribution is 2.12. The molecule has 1 heterocycles. The van der Waals surface area contributed by atoms with Crippen LogP contribution >= 0.6 is 11.8 Å². The summed E-state index contributed by atoms with van der Waals surface area (Å²) < 4.78 is 0. The SMILES string of the molecule is C=CCNC(=O)NC(=O)CSc1ccccn1. The zero-order chi connectivity index (χ0) is 12.5. The summed E-state index contributed by atoms with van der Waals surface area (Å²) in [6.07, 6.45) is 3.18. The van der Waals surface area contributed by atoms with Crippen LogP contribution in [0.25, 0.3) is 0 Å². The number of hydrogen-bond donors (Lipinski definition) is 2. The number of rotatable bonds is 5. The van der Waals surface area contributed by atoms with Gasteiger partial charge >= 0.3 is 6.03 Å². The van der Waals surface area contributed by atoms with E-state index >= 15 is 0 Å². The van der Waals surface area contributed by atoms with E-state index in [1.165, 1.54) is 17.8 Å². The maximum atomic E-state index is 11.3. The minimum Gasteiger partial charge on any atom is -0.334 e. The summed E-state index contributed by atoms with van der Waals surface area (Å²) in [6.45, 7) is 3.77. The van der Waals surface area contributed by atoms with Gasteiger partial charge < -0.3 is 5.32 Å². The lowest BCUT2D eigenvalue weighted by Crippen LogP contribution is -2.40. The minimum atomic E-state index is -0.517. The van der Waals surface area contributed by atoms with Crippen molar-refractivity contribution in [2.75, 3.05) is 12.3 Å². The van der Waals surface area contributed by atoms with E-state index in [-0.39, 0.29) is 11.7 Å². The molecule has 2 N–H and O–H groups in total. The zero-order valence-electron chi connectivity index (χ0n) is 9.18. The molecule has 0 bridgehead atoms. The fourth-order valence-electron chi connectivity index (χ4n) is 0.944. The Balaban J connectivity index is 2.26. The second-order valence-electron chi connectivity index (χ2n) is 3.00. The number of hydrogen-bond acceptors (Lipinski definition) is 4. The van der Waals surface area contributed by atoms with Crippen molar-refractivity contribution < 1.29 is 9.59 Å². The quantitative estimate of drug-likeness (QED) is 0.609. The third kappa shape index (κ3) is 5.72. The smallest absolute Gasteiger partial charge is 0.321 e. The number of nitrogens with one attached hydrogen (secondary N) is 2. The average Bonchev–Trinajstić information content (AvgIpc) is 2.35. The predicted octanol–water partition coefficient (Wildman–Crippen LogP) is 1.19. The normalized spacial score (nSPS) is 9.41. The number of imide groups is 1. The van der Waals surface area contributed by atoms with Crippen molar-refractivity contribution >= 4 is 23.7 Å². The molecule has 0 fully saturated rings. The topological polar surface area (TPSA) is 71.1 Å². The maximum absolute atomic E-state index is 11.3. The second-order valence-corrected chi connectivity index (χ2v) is 4.00. The molecule has 0 aliphatic carbocycles. The molecule has 1 rings (SSSR count). The molecule has 1 aromatic rings. The number of carbonyl (C=O) groups excluding carboxylic acids is 2. The first kappa shape index (κ1) is 13.2. The summed E-state index contributed by atoms with van der Waals surface area (Å²) in [4.78, 5) is 26.5. The van der Waals surface area contributed by atoms with Gasteiger partial charge in [-0.15, -0.1) is 6.58 Å². The monoisotopic (exact) mass is 251 g/mol. The standard InChI is InChI=1S/C11H13N3O2S/c1-2-6-13-11(16)14-9(15)8-17-10-5-3-4-7-12-10/h2-5,7H,1,6,8H2,(H2,13,14,15,16). The van der Waals surface area contributed by atoms with Crippen LogP contribution in [0, 0.1) is 0 Å². The van der Waals surface area contributed by atoms with Gasteiger partial charge in [-0.25, -0.2) is 9.78 Å². The van der Waals surface area contributed by atoms with Gasteiger partial charge in [0, 0.05) is 12.7 Å². The molecule has 6 heteroatoms. The molecule has 5 nitrogen and oxygen atoms in total. The fraction of sp³-hybridized carbons (Fsp3) is 0.182. The Morgan fingerprint density at radius 3 is 2.94 bits per heavy atom. The molecule has 17 heavy (non-hydrogen) atoms. The Kier molecular flexibility index (Phi) is 5.81. The van der Waals surface area contributed by atoms with Crippen molar-refractivity contribution in [3.8, 4) is 0 Å². The summed E-state index contributed by atoms with van der Waals surface area (Å²) in [6, 6.07) is 4.92. The van der Waals surface area contributed by atoms with Crippen LogP contribution < -0.4 is 10.6 Å². The molecular formula is C11H13N3O2S. The van der Waals surface area contributed by atoms with Crippen LogP contribution in [0.5, 0.6) is 0 Å². The first-order valence-electron chi connectivity index (χ1n) is 4.95. The largest absolute Gasteiger partial charge is 0.334 e. The number of pyridine rings is 1. The van der Waals surface area contributed by atoms with Crippen LogP contribution in [0.1, 0.15) is 0 Å². The third-order valence-electron chi connectivity index (χ3n) is 1.65. The van der Waals surface area contributed by atoms with E-state index in [2.05, 4.69) is 22.2 Å². The van der Waals surface area contributed by atoms with Crippen LogP contribution in [0.15, 0.2) is 42.1 Å². The van der Waals surface area contributed by atoms with Gasteiger partial charge in [-0.2, -0.15) is 0 Å². The summed E-state index contributed by atoms with van der Waals surface area (Å²) >= 11 is 1.27. The van der Waals surface area contributed by atoms with Crippen molar-refractivity contribution in [1.29, 1.82) is 0 Å². The Morgan fingerprint density at radius 2 is 2.29 bits per heavy atom. The Labute approximate surface area is 104 Å². The molecular weight excluding hydrogens is 238 g/mol. The first-order valence-corrected chi connectivity index (χ1v) is 5.93. The maximum Gasteiger partial charge on any atom is 0.321 e. The van der Waals surface area contributed by atoms with E-state index in [0.717, 1.165) is 5.03 Å². The lowest BCUT2D eigenvalue weighted by Gasteiger charge is -2.04. The number of aromatic nitrogens is 1. The van der Waals surface area contributed by atoms with E-state index < -0.39 is 6.03 Å². The van der Waals surface area contributed by atoms with Gasteiger partial charge in [0.15, 0.2) is 0 Å². The minimum absolute atomic E-state index is 0.151. The lowest BCUT2D eigenvalue weighted by molar-refractivity contribution is -0.117. The molecule has 90 valence electrons. The van der Waals surface area contributed by atoms with Gasteiger partial charge in [0.05, 0.1) is 10.8 Å². The molecule has 0 spiro atoms. The summed E-state index contributed by atoms with van der Waals surface area (Å²) in [5.74, 6) is -0.208. The van der Waals surface area contributed by atoms with Crippen molar-refractivity contribution in [3.63, 3.8) is 0 Å². The van der Waals surface area contributed by atoms with E-state index in [1.807, 2.05) is 6.07 Å². The highest BCUT2D eigenvalue weighted by atomic mass is 32.2. The summed E-state index contributed by atoms with van der Waals surface area (Å²) in [7, 11) is 0. The summed E-state index contributed by atoms with van der Waals surface area (Å²) in [5, 5.41) is 5.39. The van der Waals surface area contributed by atoms with Crippen LogP contribution in [0.3, 0.4) is 0 Å². The Bertz CT molecular complexity index is 395. The van der Waals surface area contributed by atoms with Gasteiger partial charge in [-0.05, 0) is 12.1 Å². The molecule has 0 aliphatic heterocycles. The highest BCUT2D eigenvalue weighted by molar-refractivity contribution is 7.99. The van der Waals surface area contributed by atoms with Crippen molar-refractivity contribution in [3.05, 3.63) is 37.1 Å². The molecule has 3 amide bonds. The molecule has 0 saturated carbocycles. The highest BCUT2D eigenvalue weighted by Gasteiger charge is 2.07.